The first-order valence-corrected chi connectivity index (χ1v) is 4.98. The number of pyridine rings is 1. The Morgan fingerprint density at radius 1 is 1.44 bits per heavy atom. The predicted octanol–water partition coefficient (Wildman–Crippen LogP) is 3.17. The average molecular weight is 231 g/mol. The fraction of sp³-hybridized carbons (Fsp3) is 0.455. The Balaban J connectivity index is 2.73. The van der Waals surface area contributed by atoms with Crippen LogP contribution in [0, 0.1) is 0 Å². The molecule has 16 heavy (non-hydrogen) atoms. The molecule has 0 unspecified atom stereocenters. The Bertz CT molecular complexity index is 374. The number of aryl methyl sites for hydroxylation is 1. The summed E-state index contributed by atoms with van der Waals surface area (Å²) in [7, 11) is 0. The summed E-state index contributed by atoms with van der Waals surface area (Å²) in [6.45, 7) is 1.83. The van der Waals surface area contributed by atoms with Gasteiger partial charge < -0.3 is 0 Å². The number of carbonyl (C=O) groups is 1. The monoisotopic (exact) mass is 231 g/mol. The molecule has 2 nitrogen and oxygen atoms in total. The molecule has 88 valence electrons. The second kappa shape index (κ2) is 5.09. The van der Waals surface area contributed by atoms with Crippen LogP contribution in [0.4, 0.5) is 13.2 Å². The van der Waals surface area contributed by atoms with Crippen LogP contribution >= 0.6 is 0 Å². The molecule has 0 radical (unpaired) electrons. The Labute approximate surface area is 91.5 Å². The minimum atomic E-state index is -4.29. The van der Waals surface area contributed by atoms with E-state index in [1.54, 1.807) is 12.1 Å². The second-order valence-corrected chi connectivity index (χ2v) is 3.40. The molecule has 0 aliphatic carbocycles. The van der Waals surface area contributed by atoms with E-state index in [-0.39, 0.29) is 5.69 Å². The molecular formula is C11H12F3NO. The Kier molecular flexibility index (Phi) is 4.04. The molecule has 0 saturated heterocycles. The third-order valence-corrected chi connectivity index (χ3v) is 2.17. The molecule has 0 N–H and O–H groups in total. The number of hydrogen-bond acceptors (Lipinski definition) is 2. The highest BCUT2D eigenvalue weighted by molar-refractivity contribution is 5.95. The third-order valence-electron chi connectivity index (χ3n) is 2.17. The summed E-state index contributed by atoms with van der Waals surface area (Å²) in [5, 5.41) is 0. The molecule has 0 aromatic carbocycles. The molecule has 1 heterocycles. The van der Waals surface area contributed by atoms with Crippen molar-refractivity contribution >= 4 is 5.78 Å². The van der Waals surface area contributed by atoms with Gasteiger partial charge in [-0.05, 0) is 18.1 Å². The maximum absolute atomic E-state index is 11.9. The third kappa shape index (κ3) is 3.64. The van der Waals surface area contributed by atoms with Gasteiger partial charge in [0.2, 0.25) is 0 Å². The molecule has 1 aromatic rings. The summed E-state index contributed by atoms with van der Waals surface area (Å²) in [5.74, 6) is -0.547. The number of carbonyl (C=O) groups excluding carboxylic acids is 1. The Morgan fingerprint density at radius 2 is 2.12 bits per heavy atom. The van der Waals surface area contributed by atoms with E-state index in [0.29, 0.717) is 12.0 Å². The zero-order valence-electron chi connectivity index (χ0n) is 8.84. The first-order chi connectivity index (χ1) is 7.44. The lowest BCUT2D eigenvalue weighted by Crippen LogP contribution is -2.13. The highest BCUT2D eigenvalue weighted by Gasteiger charge is 2.28. The van der Waals surface area contributed by atoms with Crippen molar-refractivity contribution in [2.75, 3.05) is 0 Å². The van der Waals surface area contributed by atoms with Crippen LogP contribution in [0.15, 0.2) is 18.3 Å². The maximum atomic E-state index is 11.9. The fourth-order valence-electron chi connectivity index (χ4n) is 1.35. The number of aromatic nitrogens is 1. The van der Waals surface area contributed by atoms with Crippen LogP contribution in [-0.4, -0.2) is 16.9 Å². The van der Waals surface area contributed by atoms with Gasteiger partial charge in [0.25, 0.3) is 0 Å². The molecule has 0 atom stereocenters. The molecule has 0 amide bonds. The number of nitrogens with zero attached hydrogens (tertiary/aromatic N) is 1. The summed E-state index contributed by atoms with van der Waals surface area (Å²) >= 11 is 0. The van der Waals surface area contributed by atoms with Crippen LogP contribution in [0.3, 0.4) is 0 Å². The summed E-state index contributed by atoms with van der Waals surface area (Å²) in [6.07, 6.45) is -3.92. The lowest BCUT2D eigenvalue weighted by Gasteiger charge is -2.07. The van der Waals surface area contributed by atoms with E-state index in [2.05, 4.69) is 4.98 Å². The van der Waals surface area contributed by atoms with Gasteiger partial charge in [-0.15, -0.1) is 0 Å². The summed E-state index contributed by atoms with van der Waals surface area (Å²) in [5.41, 5.74) is 0.851. The highest BCUT2D eigenvalue weighted by Crippen LogP contribution is 2.22. The van der Waals surface area contributed by atoms with Gasteiger partial charge in [-0.25, -0.2) is 0 Å². The van der Waals surface area contributed by atoms with Crippen LogP contribution in [0.1, 0.15) is 35.8 Å². The number of Topliss-reactive ketones (excluding diaryl/α,β-unsaturated/α-hetero) is 1. The number of rotatable bonds is 4. The first-order valence-electron chi connectivity index (χ1n) is 4.98. The molecule has 0 spiro atoms. The minimum Gasteiger partial charge on any atom is -0.292 e. The first kappa shape index (κ1) is 12.7. The smallest absolute Gasteiger partial charge is 0.292 e. The van der Waals surface area contributed by atoms with Gasteiger partial charge in [0.15, 0.2) is 5.78 Å². The van der Waals surface area contributed by atoms with E-state index < -0.39 is 24.8 Å². The average Bonchev–Trinajstić information content (AvgIpc) is 2.25. The van der Waals surface area contributed by atoms with Crippen LogP contribution in [-0.2, 0) is 6.42 Å². The second-order valence-electron chi connectivity index (χ2n) is 3.40. The summed E-state index contributed by atoms with van der Waals surface area (Å²) in [4.78, 5) is 15.3. The number of ketones is 1. The maximum Gasteiger partial charge on any atom is 0.389 e. The number of hydrogen-bond donors (Lipinski definition) is 0. The molecule has 0 aliphatic heterocycles. The van der Waals surface area contributed by atoms with Gasteiger partial charge in [-0.1, -0.05) is 13.0 Å². The molecule has 5 heteroatoms. The van der Waals surface area contributed by atoms with Crippen LogP contribution in [0.2, 0.25) is 0 Å². The van der Waals surface area contributed by atoms with Crippen molar-refractivity contribution < 1.29 is 18.0 Å². The fourth-order valence-corrected chi connectivity index (χ4v) is 1.35. The van der Waals surface area contributed by atoms with Crippen molar-refractivity contribution in [1.82, 2.24) is 4.98 Å². The summed E-state index contributed by atoms with van der Waals surface area (Å²) < 4.78 is 35.8. The Morgan fingerprint density at radius 3 is 2.69 bits per heavy atom. The van der Waals surface area contributed by atoms with Gasteiger partial charge in [-0.2, -0.15) is 13.2 Å². The van der Waals surface area contributed by atoms with Crippen molar-refractivity contribution in [2.24, 2.45) is 0 Å². The molecular weight excluding hydrogens is 219 g/mol. The summed E-state index contributed by atoms with van der Waals surface area (Å²) in [6, 6.07) is 3.37. The number of halogens is 3. The zero-order chi connectivity index (χ0) is 12.2. The van der Waals surface area contributed by atoms with E-state index in [1.807, 2.05) is 6.92 Å². The van der Waals surface area contributed by atoms with Crippen LogP contribution in [0.5, 0.6) is 0 Å². The largest absolute Gasteiger partial charge is 0.389 e. The topological polar surface area (TPSA) is 30.0 Å². The van der Waals surface area contributed by atoms with Gasteiger partial charge in [0.1, 0.15) is 5.69 Å². The zero-order valence-corrected chi connectivity index (χ0v) is 8.84. The molecule has 0 fully saturated rings. The SMILES string of the molecule is CCc1cccnc1C(=O)CCC(F)(F)F. The molecule has 1 rings (SSSR count). The van der Waals surface area contributed by atoms with Crippen molar-refractivity contribution in [3.05, 3.63) is 29.6 Å². The molecule has 0 saturated carbocycles. The van der Waals surface area contributed by atoms with Gasteiger partial charge >= 0.3 is 6.18 Å². The van der Waals surface area contributed by atoms with Crippen molar-refractivity contribution in [2.45, 2.75) is 32.4 Å². The highest BCUT2D eigenvalue weighted by atomic mass is 19.4. The van der Waals surface area contributed by atoms with Gasteiger partial charge in [0.05, 0.1) is 6.42 Å². The minimum absolute atomic E-state index is 0.161. The molecule has 0 aliphatic rings. The van der Waals surface area contributed by atoms with E-state index in [9.17, 15) is 18.0 Å². The van der Waals surface area contributed by atoms with E-state index >= 15 is 0 Å². The van der Waals surface area contributed by atoms with E-state index in [0.717, 1.165) is 0 Å². The van der Waals surface area contributed by atoms with E-state index in [1.165, 1.54) is 6.20 Å². The number of alkyl halides is 3. The molecule has 1 aromatic heterocycles. The quantitative estimate of drug-likeness (QED) is 0.745. The van der Waals surface area contributed by atoms with Gasteiger partial charge in [0, 0.05) is 12.6 Å². The van der Waals surface area contributed by atoms with Crippen LogP contribution in [0.25, 0.3) is 0 Å². The van der Waals surface area contributed by atoms with Crippen molar-refractivity contribution in [3.8, 4) is 0 Å². The molecule has 0 bridgehead atoms. The lowest BCUT2D eigenvalue weighted by molar-refractivity contribution is -0.133. The normalized spacial score (nSPS) is 11.5. The standard InChI is InChI=1S/C11H12F3NO/c1-2-8-4-3-7-15-10(8)9(16)5-6-11(12,13)14/h3-4,7H,2,5-6H2,1H3. The lowest BCUT2D eigenvalue weighted by atomic mass is 10.0. The van der Waals surface area contributed by atoms with E-state index in [4.69, 9.17) is 0 Å². The predicted molar refractivity (Wildman–Crippen MR) is 53.2 cm³/mol. The van der Waals surface area contributed by atoms with Crippen molar-refractivity contribution in [1.29, 1.82) is 0 Å². The van der Waals surface area contributed by atoms with Crippen LogP contribution < -0.4 is 0 Å². The van der Waals surface area contributed by atoms with Gasteiger partial charge in [-0.3, -0.25) is 9.78 Å². The Hall–Kier alpha value is -1.39. The van der Waals surface area contributed by atoms with Crippen molar-refractivity contribution in [3.63, 3.8) is 0 Å².